The molecule has 0 aromatic carbocycles. The molecule has 0 aliphatic carbocycles. The predicted octanol–water partition coefficient (Wildman–Crippen LogP) is 1.58. The highest BCUT2D eigenvalue weighted by atomic mass is 15.1. The van der Waals surface area contributed by atoms with Gasteiger partial charge in [-0.15, -0.1) is 0 Å². The molecule has 2 heteroatoms. The molecule has 66 valence electrons. The zero-order valence-electron chi connectivity index (χ0n) is 7.71. The van der Waals surface area contributed by atoms with Gasteiger partial charge in [-0.05, 0) is 32.1 Å². The minimum absolute atomic E-state index is 0.998. The standard InChI is InChI=1S/C9H20N2/c1-3-7-11(8-4-2)9-5-6-10/h5-6H,3-4,7-10H2,1-2H3/b6-5+. The maximum Gasteiger partial charge on any atom is 0.0180 e. The van der Waals surface area contributed by atoms with Crippen LogP contribution >= 0.6 is 0 Å². The van der Waals surface area contributed by atoms with E-state index in [0.29, 0.717) is 0 Å². The zero-order chi connectivity index (χ0) is 8.53. The second-order valence-corrected chi connectivity index (χ2v) is 2.73. The largest absolute Gasteiger partial charge is 0.405 e. The summed E-state index contributed by atoms with van der Waals surface area (Å²) in [5.74, 6) is 0. The third-order valence-corrected chi connectivity index (χ3v) is 1.58. The van der Waals surface area contributed by atoms with Gasteiger partial charge in [0.2, 0.25) is 0 Å². The SMILES string of the molecule is CCCN(C/C=C/N)CCC. The first-order chi connectivity index (χ1) is 5.35. The lowest BCUT2D eigenvalue weighted by atomic mass is 10.3. The van der Waals surface area contributed by atoms with Crippen LogP contribution in [0.25, 0.3) is 0 Å². The molecule has 0 bridgehead atoms. The molecule has 0 saturated heterocycles. The molecule has 11 heavy (non-hydrogen) atoms. The topological polar surface area (TPSA) is 29.3 Å². The van der Waals surface area contributed by atoms with Crippen molar-refractivity contribution in [3.05, 3.63) is 12.3 Å². The fourth-order valence-electron chi connectivity index (χ4n) is 1.14. The Hall–Kier alpha value is -0.500. The summed E-state index contributed by atoms with van der Waals surface area (Å²) >= 11 is 0. The van der Waals surface area contributed by atoms with E-state index in [1.165, 1.54) is 25.9 Å². The average molecular weight is 156 g/mol. The van der Waals surface area contributed by atoms with Crippen molar-refractivity contribution < 1.29 is 0 Å². The van der Waals surface area contributed by atoms with Crippen LogP contribution in [0.3, 0.4) is 0 Å². The quantitative estimate of drug-likeness (QED) is 0.632. The highest BCUT2D eigenvalue weighted by Gasteiger charge is 1.97. The predicted molar refractivity (Wildman–Crippen MR) is 50.3 cm³/mol. The van der Waals surface area contributed by atoms with Crippen molar-refractivity contribution in [2.75, 3.05) is 19.6 Å². The van der Waals surface area contributed by atoms with Crippen LogP contribution < -0.4 is 5.73 Å². The van der Waals surface area contributed by atoms with Gasteiger partial charge in [0.15, 0.2) is 0 Å². The Morgan fingerprint density at radius 1 is 1.18 bits per heavy atom. The third-order valence-electron chi connectivity index (χ3n) is 1.58. The van der Waals surface area contributed by atoms with E-state index in [-0.39, 0.29) is 0 Å². The summed E-state index contributed by atoms with van der Waals surface area (Å²) in [6, 6.07) is 0. The van der Waals surface area contributed by atoms with Gasteiger partial charge in [0.25, 0.3) is 0 Å². The molecule has 0 amide bonds. The maximum atomic E-state index is 5.26. The van der Waals surface area contributed by atoms with Crippen molar-refractivity contribution in [2.45, 2.75) is 26.7 Å². The summed E-state index contributed by atoms with van der Waals surface area (Å²) in [7, 11) is 0. The zero-order valence-corrected chi connectivity index (χ0v) is 7.71. The van der Waals surface area contributed by atoms with Crippen molar-refractivity contribution in [1.82, 2.24) is 4.90 Å². The van der Waals surface area contributed by atoms with E-state index in [1.54, 1.807) is 6.20 Å². The van der Waals surface area contributed by atoms with Crippen LogP contribution in [0.1, 0.15) is 26.7 Å². The van der Waals surface area contributed by atoms with Gasteiger partial charge in [0, 0.05) is 6.54 Å². The third kappa shape index (κ3) is 5.92. The number of hydrogen-bond acceptors (Lipinski definition) is 2. The number of nitrogens with zero attached hydrogens (tertiary/aromatic N) is 1. The van der Waals surface area contributed by atoms with Gasteiger partial charge in [0.1, 0.15) is 0 Å². The molecule has 0 spiro atoms. The Kier molecular flexibility index (Phi) is 7.26. The van der Waals surface area contributed by atoms with E-state index in [2.05, 4.69) is 18.7 Å². The van der Waals surface area contributed by atoms with Crippen molar-refractivity contribution in [3.63, 3.8) is 0 Å². The first kappa shape index (κ1) is 10.5. The normalized spacial score (nSPS) is 11.5. The molecule has 0 heterocycles. The Bertz CT molecular complexity index is 93.7. The van der Waals surface area contributed by atoms with Crippen LogP contribution in [0.2, 0.25) is 0 Å². The van der Waals surface area contributed by atoms with Crippen LogP contribution in [0.4, 0.5) is 0 Å². The minimum Gasteiger partial charge on any atom is -0.405 e. The van der Waals surface area contributed by atoms with E-state index in [4.69, 9.17) is 5.73 Å². The molecule has 2 nitrogen and oxygen atoms in total. The lowest BCUT2D eigenvalue weighted by molar-refractivity contribution is 0.303. The van der Waals surface area contributed by atoms with Crippen molar-refractivity contribution in [1.29, 1.82) is 0 Å². The van der Waals surface area contributed by atoms with Gasteiger partial charge in [-0.3, -0.25) is 4.90 Å². The van der Waals surface area contributed by atoms with Gasteiger partial charge < -0.3 is 5.73 Å². The number of hydrogen-bond donors (Lipinski definition) is 1. The molecule has 0 aromatic rings. The summed E-state index contributed by atoms with van der Waals surface area (Å²) in [4.78, 5) is 2.41. The molecule has 0 rings (SSSR count). The van der Waals surface area contributed by atoms with Crippen LogP contribution in [0, 0.1) is 0 Å². The van der Waals surface area contributed by atoms with Crippen molar-refractivity contribution in [2.24, 2.45) is 5.73 Å². The van der Waals surface area contributed by atoms with Crippen LogP contribution in [0.5, 0.6) is 0 Å². The van der Waals surface area contributed by atoms with E-state index in [0.717, 1.165) is 6.54 Å². The summed E-state index contributed by atoms with van der Waals surface area (Å²) in [6.07, 6.45) is 6.07. The fraction of sp³-hybridized carbons (Fsp3) is 0.778. The monoisotopic (exact) mass is 156 g/mol. The molecule has 2 N–H and O–H groups in total. The Balaban J connectivity index is 3.50. The van der Waals surface area contributed by atoms with Crippen molar-refractivity contribution in [3.8, 4) is 0 Å². The smallest absolute Gasteiger partial charge is 0.0180 e. The Morgan fingerprint density at radius 2 is 1.73 bits per heavy atom. The van der Waals surface area contributed by atoms with E-state index in [9.17, 15) is 0 Å². The summed E-state index contributed by atoms with van der Waals surface area (Å²) in [5.41, 5.74) is 5.26. The number of nitrogens with two attached hydrogens (primary N) is 1. The number of rotatable bonds is 6. The van der Waals surface area contributed by atoms with Gasteiger partial charge >= 0.3 is 0 Å². The van der Waals surface area contributed by atoms with Crippen LogP contribution in [-0.4, -0.2) is 24.5 Å². The second-order valence-electron chi connectivity index (χ2n) is 2.73. The Labute approximate surface area is 70.1 Å². The van der Waals surface area contributed by atoms with Gasteiger partial charge in [-0.2, -0.15) is 0 Å². The van der Waals surface area contributed by atoms with Crippen molar-refractivity contribution >= 4 is 0 Å². The van der Waals surface area contributed by atoms with Gasteiger partial charge in [0.05, 0.1) is 0 Å². The minimum atomic E-state index is 0.998. The highest BCUT2D eigenvalue weighted by molar-refractivity contribution is 4.79. The molecule has 0 unspecified atom stereocenters. The first-order valence-electron chi connectivity index (χ1n) is 4.44. The maximum absolute atomic E-state index is 5.26. The van der Waals surface area contributed by atoms with Gasteiger partial charge in [-0.25, -0.2) is 0 Å². The Morgan fingerprint density at radius 3 is 2.09 bits per heavy atom. The summed E-state index contributed by atoms with van der Waals surface area (Å²) in [6.45, 7) is 7.76. The van der Waals surface area contributed by atoms with Gasteiger partial charge in [-0.1, -0.05) is 19.9 Å². The summed E-state index contributed by atoms with van der Waals surface area (Å²) < 4.78 is 0. The first-order valence-corrected chi connectivity index (χ1v) is 4.44. The molecule has 0 radical (unpaired) electrons. The van der Waals surface area contributed by atoms with Crippen LogP contribution in [0.15, 0.2) is 12.3 Å². The van der Waals surface area contributed by atoms with E-state index < -0.39 is 0 Å². The molecule has 0 aliphatic rings. The molecule has 0 aliphatic heterocycles. The highest BCUT2D eigenvalue weighted by Crippen LogP contribution is 1.93. The lowest BCUT2D eigenvalue weighted by Crippen LogP contribution is -2.25. The molecule has 0 saturated carbocycles. The molecule has 0 atom stereocenters. The molecule has 0 aromatic heterocycles. The van der Waals surface area contributed by atoms with Crippen LogP contribution in [-0.2, 0) is 0 Å². The molecular weight excluding hydrogens is 136 g/mol. The second kappa shape index (κ2) is 7.61. The van der Waals surface area contributed by atoms with E-state index >= 15 is 0 Å². The molecule has 0 fully saturated rings. The van der Waals surface area contributed by atoms with E-state index in [1.807, 2.05) is 6.08 Å². The fourth-order valence-corrected chi connectivity index (χ4v) is 1.14. The molecular formula is C9H20N2. The lowest BCUT2D eigenvalue weighted by Gasteiger charge is -2.18. The summed E-state index contributed by atoms with van der Waals surface area (Å²) in [5, 5.41) is 0. The average Bonchev–Trinajstić information content (AvgIpc) is 2.01.